The minimum atomic E-state index is 0.583. The molecule has 1 heterocycles. The Morgan fingerprint density at radius 2 is 1.60 bits per heavy atom. The zero-order chi connectivity index (χ0) is 13.5. The van der Waals surface area contributed by atoms with Gasteiger partial charge in [0.15, 0.2) is 0 Å². The van der Waals surface area contributed by atoms with Crippen molar-refractivity contribution in [3.63, 3.8) is 0 Å². The van der Waals surface area contributed by atoms with Crippen LogP contribution in [-0.4, -0.2) is 18.5 Å². The van der Waals surface area contributed by atoms with Crippen LogP contribution in [0.25, 0.3) is 0 Å². The average molecular weight is 263 g/mol. The third-order valence-corrected chi connectivity index (χ3v) is 5.17. The highest BCUT2D eigenvalue weighted by atomic mass is 15.1. The zero-order valence-corrected chi connectivity index (χ0v) is 12.0. The maximum atomic E-state index is 2.57. The van der Waals surface area contributed by atoms with Gasteiger partial charge in [-0.2, -0.15) is 0 Å². The first kappa shape index (κ1) is 12.2. The Kier molecular flexibility index (Phi) is 2.89. The first-order valence-electron chi connectivity index (χ1n) is 7.70. The summed E-state index contributed by atoms with van der Waals surface area (Å²) in [5, 5.41) is 0. The minimum Gasteiger partial charge on any atom is -0.299 e. The molecule has 2 aromatic rings. The normalized spacial score (nSPS) is 28.9. The highest BCUT2D eigenvalue weighted by molar-refractivity contribution is 5.46. The molecule has 102 valence electrons. The topological polar surface area (TPSA) is 3.24 Å². The van der Waals surface area contributed by atoms with E-state index in [1.165, 1.54) is 24.9 Å². The van der Waals surface area contributed by atoms with Gasteiger partial charge in [0.25, 0.3) is 0 Å². The highest BCUT2D eigenvalue weighted by Crippen LogP contribution is 2.53. The molecule has 4 rings (SSSR count). The van der Waals surface area contributed by atoms with E-state index in [1.807, 2.05) is 0 Å². The van der Waals surface area contributed by atoms with Gasteiger partial charge in [-0.25, -0.2) is 0 Å². The van der Waals surface area contributed by atoms with Crippen molar-refractivity contribution in [1.29, 1.82) is 0 Å². The first-order chi connectivity index (χ1) is 9.86. The van der Waals surface area contributed by atoms with E-state index in [9.17, 15) is 0 Å². The lowest BCUT2D eigenvalue weighted by molar-refractivity contribution is 0.127. The molecule has 0 N–H and O–H groups in total. The van der Waals surface area contributed by atoms with Crippen LogP contribution in [0.1, 0.15) is 41.5 Å². The molecule has 1 saturated heterocycles. The number of hydrogen-bond donors (Lipinski definition) is 0. The zero-order valence-electron chi connectivity index (χ0n) is 12.0. The van der Waals surface area contributed by atoms with Crippen LogP contribution in [0.2, 0.25) is 0 Å². The maximum absolute atomic E-state index is 2.57. The van der Waals surface area contributed by atoms with E-state index in [0.717, 1.165) is 5.92 Å². The SMILES string of the molecule is CN1CCC[C@@H]2[C@H](c3ccccc3)c3ccccc3[C@H]21. The van der Waals surface area contributed by atoms with Gasteiger partial charge in [-0.05, 0) is 49.0 Å². The Morgan fingerprint density at radius 1 is 0.900 bits per heavy atom. The Labute approximate surface area is 121 Å². The number of benzene rings is 2. The van der Waals surface area contributed by atoms with E-state index in [2.05, 4.69) is 66.5 Å². The first-order valence-corrected chi connectivity index (χ1v) is 7.70. The van der Waals surface area contributed by atoms with Crippen molar-refractivity contribution in [2.45, 2.75) is 24.8 Å². The highest BCUT2D eigenvalue weighted by Gasteiger charge is 2.44. The van der Waals surface area contributed by atoms with Gasteiger partial charge in [0.05, 0.1) is 0 Å². The molecule has 0 spiro atoms. The molecule has 1 heteroatoms. The lowest BCUT2D eigenvalue weighted by Gasteiger charge is -2.37. The van der Waals surface area contributed by atoms with Crippen molar-refractivity contribution in [2.75, 3.05) is 13.6 Å². The average Bonchev–Trinajstić information content (AvgIpc) is 2.84. The molecule has 0 amide bonds. The number of piperidine rings is 1. The van der Waals surface area contributed by atoms with E-state index in [1.54, 1.807) is 11.1 Å². The van der Waals surface area contributed by atoms with Gasteiger partial charge in [0.2, 0.25) is 0 Å². The minimum absolute atomic E-state index is 0.583. The maximum Gasteiger partial charge on any atom is 0.0385 e. The van der Waals surface area contributed by atoms with E-state index >= 15 is 0 Å². The number of hydrogen-bond acceptors (Lipinski definition) is 1. The van der Waals surface area contributed by atoms with Gasteiger partial charge in [-0.3, -0.25) is 4.90 Å². The summed E-state index contributed by atoms with van der Waals surface area (Å²) >= 11 is 0. The van der Waals surface area contributed by atoms with E-state index < -0.39 is 0 Å². The Morgan fingerprint density at radius 3 is 2.40 bits per heavy atom. The molecule has 3 atom stereocenters. The smallest absolute Gasteiger partial charge is 0.0385 e. The van der Waals surface area contributed by atoms with E-state index in [0.29, 0.717) is 12.0 Å². The molecule has 2 aliphatic rings. The lowest BCUT2D eigenvalue weighted by atomic mass is 9.80. The number of rotatable bonds is 1. The van der Waals surface area contributed by atoms with Crippen LogP contribution >= 0.6 is 0 Å². The van der Waals surface area contributed by atoms with Crippen molar-refractivity contribution in [1.82, 2.24) is 4.90 Å². The molecule has 0 saturated carbocycles. The molecule has 1 aliphatic heterocycles. The third-order valence-electron chi connectivity index (χ3n) is 5.17. The predicted octanol–water partition coefficient (Wildman–Crippen LogP) is 4.22. The standard InChI is InChI=1S/C19H21N/c1-20-13-7-12-17-18(14-8-3-2-4-9-14)15-10-5-6-11-16(15)19(17)20/h2-6,8-11,17-19H,7,12-13H2,1H3/t17-,18-,19-/m1/s1. The second kappa shape index (κ2) is 4.75. The van der Waals surface area contributed by atoms with Crippen LogP contribution in [-0.2, 0) is 0 Å². The summed E-state index contributed by atoms with van der Waals surface area (Å²) in [6, 6.07) is 20.8. The summed E-state index contributed by atoms with van der Waals surface area (Å²) in [4.78, 5) is 2.57. The summed E-state index contributed by atoms with van der Waals surface area (Å²) in [7, 11) is 2.29. The molecule has 0 aromatic heterocycles. The van der Waals surface area contributed by atoms with Gasteiger partial charge in [0, 0.05) is 12.0 Å². The fraction of sp³-hybridized carbons (Fsp3) is 0.368. The molecule has 0 unspecified atom stereocenters. The summed E-state index contributed by atoms with van der Waals surface area (Å²) in [6.45, 7) is 1.23. The van der Waals surface area contributed by atoms with Gasteiger partial charge < -0.3 is 0 Å². The van der Waals surface area contributed by atoms with Crippen LogP contribution in [0.5, 0.6) is 0 Å². The van der Waals surface area contributed by atoms with Gasteiger partial charge in [-0.1, -0.05) is 54.6 Å². The van der Waals surface area contributed by atoms with Gasteiger partial charge >= 0.3 is 0 Å². The molecule has 0 radical (unpaired) electrons. The fourth-order valence-electron chi connectivity index (χ4n) is 4.40. The van der Waals surface area contributed by atoms with Crippen LogP contribution in [0.3, 0.4) is 0 Å². The molecule has 0 bridgehead atoms. The molecule has 1 fully saturated rings. The quantitative estimate of drug-likeness (QED) is 0.745. The third kappa shape index (κ3) is 1.73. The Balaban J connectivity index is 1.86. The van der Waals surface area contributed by atoms with Crippen LogP contribution in [0.15, 0.2) is 54.6 Å². The van der Waals surface area contributed by atoms with Crippen LogP contribution in [0.4, 0.5) is 0 Å². The molecule has 1 nitrogen and oxygen atoms in total. The van der Waals surface area contributed by atoms with Crippen LogP contribution < -0.4 is 0 Å². The number of fused-ring (bicyclic) bond motifs is 3. The van der Waals surface area contributed by atoms with Gasteiger partial charge in [-0.15, -0.1) is 0 Å². The second-order valence-electron chi connectivity index (χ2n) is 6.25. The monoisotopic (exact) mass is 263 g/mol. The summed E-state index contributed by atoms with van der Waals surface area (Å²) < 4.78 is 0. The van der Waals surface area contributed by atoms with Crippen molar-refractivity contribution in [3.05, 3.63) is 71.3 Å². The fourth-order valence-corrected chi connectivity index (χ4v) is 4.40. The molecule has 2 aromatic carbocycles. The Bertz CT molecular complexity index is 604. The van der Waals surface area contributed by atoms with E-state index in [-0.39, 0.29) is 0 Å². The molecule has 1 aliphatic carbocycles. The van der Waals surface area contributed by atoms with Crippen molar-refractivity contribution in [3.8, 4) is 0 Å². The summed E-state index contributed by atoms with van der Waals surface area (Å²) in [5.74, 6) is 1.33. The number of nitrogens with zero attached hydrogens (tertiary/aromatic N) is 1. The van der Waals surface area contributed by atoms with Crippen LogP contribution in [0, 0.1) is 5.92 Å². The lowest BCUT2D eigenvalue weighted by Crippen LogP contribution is -2.34. The van der Waals surface area contributed by atoms with Crippen molar-refractivity contribution in [2.24, 2.45) is 5.92 Å². The number of likely N-dealkylation sites (tertiary alicyclic amines) is 1. The largest absolute Gasteiger partial charge is 0.299 e. The summed E-state index contributed by atoms with van der Waals surface area (Å²) in [6.07, 6.45) is 2.68. The Hall–Kier alpha value is -1.60. The van der Waals surface area contributed by atoms with Crippen molar-refractivity contribution >= 4 is 0 Å². The molecule has 20 heavy (non-hydrogen) atoms. The second-order valence-corrected chi connectivity index (χ2v) is 6.25. The predicted molar refractivity (Wildman–Crippen MR) is 82.8 cm³/mol. The molecular formula is C19H21N. The summed E-state index contributed by atoms with van der Waals surface area (Å²) in [5.41, 5.74) is 4.61. The molecular weight excluding hydrogens is 242 g/mol. The van der Waals surface area contributed by atoms with E-state index in [4.69, 9.17) is 0 Å². The van der Waals surface area contributed by atoms with Gasteiger partial charge in [0.1, 0.15) is 0 Å². The van der Waals surface area contributed by atoms with Crippen molar-refractivity contribution < 1.29 is 0 Å².